The third-order valence-corrected chi connectivity index (χ3v) is 5.04. The molecule has 1 heterocycles. The van der Waals surface area contributed by atoms with Gasteiger partial charge in [0.05, 0.1) is 28.3 Å². The molecule has 0 radical (unpaired) electrons. The maximum atomic E-state index is 13.4. The molecule has 4 rings (SSSR count). The largest absolute Gasteiger partial charge is 0.290 e. The van der Waals surface area contributed by atoms with E-state index in [1.54, 1.807) is 12.1 Å². The fraction of sp³-hybridized carbons (Fsp3) is 0.120. The molecule has 0 unspecified atom stereocenters. The van der Waals surface area contributed by atoms with Crippen LogP contribution in [0.4, 0.5) is 10.1 Å². The zero-order chi connectivity index (χ0) is 21.3. The number of H-pyrrole nitrogens is 1. The minimum atomic E-state index is -0.352. The average molecular weight is 399 g/mol. The molecule has 0 amide bonds. The van der Waals surface area contributed by atoms with Crippen molar-refractivity contribution < 1.29 is 4.39 Å². The molecule has 5 heteroatoms. The number of hydrogen-bond acceptors (Lipinski definition) is 2. The van der Waals surface area contributed by atoms with Gasteiger partial charge in [-0.3, -0.25) is 14.9 Å². The van der Waals surface area contributed by atoms with Gasteiger partial charge in [0.25, 0.3) is 5.56 Å². The highest BCUT2D eigenvalue weighted by Gasteiger charge is 2.19. The molecule has 0 fully saturated rings. The van der Waals surface area contributed by atoms with E-state index in [2.05, 4.69) is 11.2 Å². The smallest absolute Gasteiger partial charge is 0.280 e. The predicted molar refractivity (Wildman–Crippen MR) is 120 cm³/mol. The van der Waals surface area contributed by atoms with Gasteiger partial charge >= 0.3 is 0 Å². The molecule has 0 atom stereocenters. The summed E-state index contributed by atoms with van der Waals surface area (Å²) in [6.45, 7) is 5.88. The molecule has 4 aromatic rings. The summed E-state index contributed by atoms with van der Waals surface area (Å²) in [6, 6.07) is 21.5. The number of hydrogen-bond donors (Lipinski definition) is 1. The summed E-state index contributed by atoms with van der Waals surface area (Å²) in [6.07, 6.45) is 0. The minimum absolute atomic E-state index is 0.230. The van der Waals surface area contributed by atoms with E-state index < -0.39 is 0 Å². The first-order valence-electron chi connectivity index (χ1n) is 9.73. The third-order valence-electron chi connectivity index (χ3n) is 5.04. The molecule has 3 aromatic carbocycles. The number of nitrogens with one attached hydrogen (secondary N) is 1. The molecule has 0 aliphatic rings. The van der Waals surface area contributed by atoms with E-state index >= 15 is 0 Å². The molecule has 0 aliphatic heterocycles. The Bertz CT molecular complexity index is 1280. The second kappa shape index (κ2) is 7.95. The van der Waals surface area contributed by atoms with Crippen molar-refractivity contribution in [3.8, 4) is 16.9 Å². The van der Waals surface area contributed by atoms with E-state index in [9.17, 15) is 9.18 Å². The van der Waals surface area contributed by atoms with Gasteiger partial charge in [-0.15, -0.1) is 0 Å². The second-order valence-corrected chi connectivity index (χ2v) is 7.33. The first-order valence-corrected chi connectivity index (χ1v) is 9.73. The number of aliphatic imine (C=N–C) groups is 1. The summed E-state index contributed by atoms with van der Waals surface area (Å²) >= 11 is 0. The average Bonchev–Trinajstić information content (AvgIpc) is 3.08. The second-order valence-electron chi connectivity index (χ2n) is 7.33. The molecule has 0 spiro atoms. The van der Waals surface area contributed by atoms with Crippen molar-refractivity contribution in [3.63, 3.8) is 0 Å². The third kappa shape index (κ3) is 3.74. The van der Waals surface area contributed by atoms with Gasteiger partial charge in [0.2, 0.25) is 0 Å². The van der Waals surface area contributed by atoms with Crippen LogP contribution in [-0.2, 0) is 0 Å². The van der Waals surface area contributed by atoms with Crippen LogP contribution >= 0.6 is 0 Å². The Morgan fingerprint density at radius 2 is 1.67 bits per heavy atom. The maximum absolute atomic E-state index is 13.4. The lowest BCUT2D eigenvalue weighted by Gasteiger charge is -2.05. The van der Waals surface area contributed by atoms with Gasteiger partial charge < -0.3 is 0 Å². The van der Waals surface area contributed by atoms with Crippen LogP contribution in [0.25, 0.3) is 16.9 Å². The Labute approximate surface area is 174 Å². The minimum Gasteiger partial charge on any atom is -0.290 e. The topological polar surface area (TPSA) is 50.1 Å². The summed E-state index contributed by atoms with van der Waals surface area (Å²) in [5.41, 5.74) is 6.02. The Morgan fingerprint density at radius 3 is 2.33 bits per heavy atom. The number of nitrogens with zero attached hydrogens (tertiary/aromatic N) is 2. The van der Waals surface area contributed by atoms with Crippen molar-refractivity contribution in [2.75, 3.05) is 0 Å². The summed E-state index contributed by atoms with van der Waals surface area (Å²) < 4.78 is 14.8. The van der Waals surface area contributed by atoms with Crippen LogP contribution in [0.1, 0.15) is 23.6 Å². The Morgan fingerprint density at radius 1 is 0.967 bits per heavy atom. The zero-order valence-corrected chi connectivity index (χ0v) is 17.1. The molecule has 150 valence electrons. The molecule has 1 aromatic heterocycles. The lowest BCUT2D eigenvalue weighted by atomic mass is 10.0. The van der Waals surface area contributed by atoms with E-state index in [0.29, 0.717) is 22.7 Å². The Balaban J connectivity index is 1.92. The highest BCUT2D eigenvalue weighted by molar-refractivity contribution is 6.04. The number of aromatic nitrogens is 2. The number of halogens is 1. The van der Waals surface area contributed by atoms with E-state index in [1.807, 2.05) is 63.2 Å². The number of aryl methyl sites for hydroxylation is 2. The van der Waals surface area contributed by atoms with Crippen molar-refractivity contribution >= 4 is 11.4 Å². The highest BCUT2D eigenvalue weighted by Crippen LogP contribution is 2.25. The van der Waals surface area contributed by atoms with Crippen molar-refractivity contribution in [3.05, 3.63) is 106 Å². The lowest BCUT2D eigenvalue weighted by molar-refractivity contribution is 0.627. The summed E-state index contributed by atoms with van der Waals surface area (Å²) in [5, 5.41) is 3.19. The first kappa shape index (κ1) is 19.6. The standard InChI is InChI=1S/C25H22FN3O/c1-16-9-14-22(17(2)15-16)27-18(3)23-24(19-7-5-4-6-8-19)28-29(25(23)30)21-12-10-20(26)11-13-21/h4-15,28H,1-3H3. The molecule has 0 saturated carbocycles. The fourth-order valence-electron chi connectivity index (χ4n) is 3.53. The Kier molecular flexibility index (Phi) is 5.19. The SMILES string of the molecule is CC(=Nc1ccc(C)cc1C)c1c(-c2ccccc2)[nH]n(-c2ccc(F)cc2)c1=O. The zero-order valence-electron chi connectivity index (χ0n) is 17.1. The summed E-state index contributed by atoms with van der Waals surface area (Å²) in [7, 11) is 0. The van der Waals surface area contributed by atoms with Crippen molar-refractivity contribution in [1.29, 1.82) is 0 Å². The van der Waals surface area contributed by atoms with Gasteiger partial charge in [-0.25, -0.2) is 9.07 Å². The van der Waals surface area contributed by atoms with Crippen LogP contribution in [0.3, 0.4) is 0 Å². The van der Waals surface area contributed by atoms with Crippen molar-refractivity contribution in [2.24, 2.45) is 4.99 Å². The van der Waals surface area contributed by atoms with Crippen LogP contribution in [0.2, 0.25) is 0 Å². The molecular weight excluding hydrogens is 377 g/mol. The molecular formula is C25H22FN3O. The van der Waals surface area contributed by atoms with Gasteiger partial charge in [0, 0.05) is 5.56 Å². The van der Waals surface area contributed by atoms with E-state index in [1.165, 1.54) is 16.8 Å². The van der Waals surface area contributed by atoms with Gasteiger partial charge in [0.1, 0.15) is 5.82 Å². The summed E-state index contributed by atoms with van der Waals surface area (Å²) in [4.78, 5) is 18.1. The van der Waals surface area contributed by atoms with Crippen LogP contribution < -0.4 is 5.56 Å². The normalized spacial score (nSPS) is 11.7. The highest BCUT2D eigenvalue weighted by atomic mass is 19.1. The van der Waals surface area contributed by atoms with Gasteiger partial charge in [-0.1, -0.05) is 48.0 Å². The quantitative estimate of drug-likeness (QED) is 0.438. The molecule has 0 saturated heterocycles. The number of aromatic amines is 1. The lowest BCUT2D eigenvalue weighted by Crippen LogP contribution is -2.19. The predicted octanol–water partition coefficient (Wildman–Crippen LogP) is 5.73. The van der Waals surface area contributed by atoms with Crippen LogP contribution in [0, 0.1) is 19.7 Å². The first-order chi connectivity index (χ1) is 14.4. The van der Waals surface area contributed by atoms with E-state index in [4.69, 9.17) is 4.99 Å². The monoisotopic (exact) mass is 399 g/mol. The van der Waals surface area contributed by atoms with Gasteiger partial charge in [-0.05, 0) is 56.7 Å². The molecule has 0 aliphatic carbocycles. The maximum Gasteiger partial charge on any atom is 0.280 e. The van der Waals surface area contributed by atoms with Crippen molar-refractivity contribution in [2.45, 2.75) is 20.8 Å². The molecule has 0 bridgehead atoms. The van der Waals surface area contributed by atoms with Gasteiger partial charge in [-0.2, -0.15) is 0 Å². The molecule has 1 N–H and O–H groups in total. The van der Waals surface area contributed by atoms with E-state index in [-0.39, 0.29) is 11.4 Å². The van der Waals surface area contributed by atoms with Crippen LogP contribution in [-0.4, -0.2) is 15.5 Å². The van der Waals surface area contributed by atoms with Crippen molar-refractivity contribution in [1.82, 2.24) is 9.78 Å². The van der Waals surface area contributed by atoms with E-state index in [0.717, 1.165) is 22.4 Å². The Hall–Kier alpha value is -3.73. The molecule has 4 nitrogen and oxygen atoms in total. The van der Waals surface area contributed by atoms with Crippen LogP contribution in [0.15, 0.2) is 82.6 Å². The number of benzene rings is 3. The summed E-state index contributed by atoms with van der Waals surface area (Å²) in [5.74, 6) is -0.352. The molecule has 30 heavy (non-hydrogen) atoms. The van der Waals surface area contributed by atoms with Gasteiger partial charge in [0.15, 0.2) is 0 Å². The fourth-order valence-corrected chi connectivity index (χ4v) is 3.53. The number of rotatable bonds is 4. The van der Waals surface area contributed by atoms with Crippen LogP contribution in [0.5, 0.6) is 0 Å².